The Morgan fingerprint density at radius 3 is 2.97 bits per heavy atom. The van der Waals surface area contributed by atoms with Gasteiger partial charge in [0.15, 0.2) is 0 Å². The van der Waals surface area contributed by atoms with E-state index in [0.29, 0.717) is 44.6 Å². The molecular weight excluding hydrogens is 449 g/mol. The number of morpholine rings is 1. The van der Waals surface area contributed by atoms with Crippen LogP contribution in [0.2, 0.25) is 0 Å². The Morgan fingerprint density at radius 1 is 1.29 bits per heavy atom. The lowest BCUT2D eigenvalue weighted by atomic mass is 9.96. The van der Waals surface area contributed by atoms with Crippen molar-refractivity contribution in [3.8, 4) is 6.07 Å². The van der Waals surface area contributed by atoms with E-state index in [1.54, 1.807) is 24.3 Å². The van der Waals surface area contributed by atoms with Gasteiger partial charge in [-0.1, -0.05) is 18.2 Å². The number of halogens is 1. The van der Waals surface area contributed by atoms with Crippen molar-refractivity contribution in [3.05, 3.63) is 64.5 Å². The molecule has 0 radical (unpaired) electrons. The number of hydrogen-bond donors (Lipinski definition) is 2. The molecule has 10 heteroatoms. The van der Waals surface area contributed by atoms with Crippen LogP contribution >= 0.6 is 0 Å². The number of anilines is 1. The molecule has 2 N–H and O–H groups in total. The number of nitrogens with one attached hydrogen (secondary N) is 2. The normalized spacial score (nSPS) is 22.0. The van der Waals surface area contributed by atoms with Gasteiger partial charge in [-0.05, 0) is 48.2 Å². The topological polar surface area (TPSA) is 96.2 Å². The van der Waals surface area contributed by atoms with E-state index >= 15 is 0 Å². The SMILES string of the molecule is Cc1c([C@@H]2CN3CCN(C(=O)CCc4cccc(N5C=NNN5)c4)C[C@H]3CO2)ccc(F)c1C#N. The van der Waals surface area contributed by atoms with E-state index < -0.39 is 5.82 Å². The number of nitriles is 1. The van der Waals surface area contributed by atoms with Crippen LogP contribution in [0, 0.1) is 24.1 Å². The minimum absolute atomic E-state index is 0.0793. The number of piperazine rings is 1. The molecule has 9 nitrogen and oxygen atoms in total. The number of rotatable bonds is 5. The summed E-state index contributed by atoms with van der Waals surface area (Å²) in [4.78, 5) is 17.2. The fourth-order valence-corrected chi connectivity index (χ4v) is 4.98. The highest BCUT2D eigenvalue weighted by Crippen LogP contribution is 2.31. The van der Waals surface area contributed by atoms with Gasteiger partial charge in [0.25, 0.3) is 0 Å². The molecule has 0 saturated carbocycles. The Morgan fingerprint density at radius 2 is 2.17 bits per heavy atom. The summed E-state index contributed by atoms with van der Waals surface area (Å²) in [5.41, 5.74) is 9.19. The van der Waals surface area contributed by atoms with Crippen molar-refractivity contribution < 1.29 is 13.9 Å². The molecule has 35 heavy (non-hydrogen) atoms. The fraction of sp³-hybridized carbons (Fsp3) is 0.400. The predicted octanol–water partition coefficient (Wildman–Crippen LogP) is 2.00. The first-order valence-corrected chi connectivity index (χ1v) is 11.8. The van der Waals surface area contributed by atoms with Gasteiger partial charge in [-0.2, -0.15) is 10.4 Å². The lowest BCUT2D eigenvalue weighted by molar-refractivity contribution is -0.140. The molecule has 2 atom stereocenters. The third kappa shape index (κ3) is 4.84. The largest absolute Gasteiger partial charge is 0.370 e. The molecule has 182 valence electrons. The Labute approximate surface area is 203 Å². The molecule has 3 aliphatic rings. The van der Waals surface area contributed by atoms with Crippen LogP contribution in [0.25, 0.3) is 0 Å². The lowest BCUT2D eigenvalue weighted by Crippen LogP contribution is -2.59. The van der Waals surface area contributed by atoms with Crippen LogP contribution in [0.3, 0.4) is 0 Å². The standard InChI is InChI=1S/C25H28FN7O2/c1-17-21(6-7-23(26)22(17)12-27)24-14-31-9-10-32(13-20(31)15-35-24)25(34)8-5-18-3-2-4-19(11-18)33-16-28-29-30-33/h2-4,6-7,11,16,20,24,29-30H,5,8-10,13-15H2,1H3/t20-,24-/m0/s1. The van der Waals surface area contributed by atoms with E-state index in [-0.39, 0.29) is 23.6 Å². The maximum absolute atomic E-state index is 13.9. The molecule has 0 unspecified atom stereocenters. The van der Waals surface area contributed by atoms with E-state index in [0.717, 1.165) is 23.4 Å². The first kappa shape index (κ1) is 23.2. The Kier molecular flexibility index (Phi) is 6.63. The highest BCUT2D eigenvalue weighted by atomic mass is 19.1. The number of fused-ring (bicyclic) bond motifs is 1. The predicted molar refractivity (Wildman–Crippen MR) is 128 cm³/mol. The highest BCUT2D eigenvalue weighted by Gasteiger charge is 2.36. The van der Waals surface area contributed by atoms with Crippen molar-refractivity contribution in [2.75, 3.05) is 37.8 Å². The van der Waals surface area contributed by atoms with Crippen LogP contribution in [-0.2, 0) is 16.0 Å². The number of amides is 1. The fourth-order valence-electron chi connectivity index (χ4n) is 4.98. The lowest BCUT2D eigenvalue weighted by Gasteiger charge is -2.46. The maximum Gasteiger partial charge on any atom is 0.223 e. The Bertz CT molecular complexity index is 1180. The summed E-state index contributed by atoms with van der Waals surface area (Å²) < 4.78 is 20.1. The maximum atomic E-state index is 13.9. The van der Waals surface area contributed by atoms with Gasteiger partial charge < -0.3 is 9.64 Å². The molecule has 3 aliphatic heterocycles. The molecule has 2 aromatic rings. The first-order valence-electron chi connectivity index (χ1n) is 11.8. The van der Waals surface area contributed by atoms with E-state index in [1.165, 1.54) is 6.07 Å². The number of hydrazone groups is 1. The Hall–Kier alpha value is -3.52. The van der Waals surface area contributed by atoms with Crippen molar-refractivity contribution >= 4 is 17.9 Å². The molecule has 3 heterocycles. The second-order valence-corrected chi connectivity index (χ2v) is 9.07. The molecule has 1 amide bonds. The average Bonchev–Trinajstić information content (AvgIpc) is 3.42. The Balaban J connectivity index is 1.15. The summed E-state index contributed by atoms with van der Waals surface area (Å²) in [6.45, 7) is 5.01. The smallest absolute Gasteiger partial charge is 0.223 e. The van der Waals surface area contributed by atoms with Gasteiger partial charge in [0.1, 0.15) is 18.2 Å². The molecule has 2 saturated heterocycles. The second-order valence-electron chi connectivity index (χ2n) is 9.07. The number of ether oxygens (including phenoxy) is 1. The van der Waals surface area contributed by atoms with Gasteiger partial charge in [-0.3, -0.25) is 9.69 Å². The summed E-state index contributed by atoms with van der Waals surface area (Å²) in [5.74, 6) is -0.354. The van der Waals surface area contributed by atoms with Gasteiger partial charge in [-0.15, -0.1) is 5.53 Å². The summed E-state index contributed by atoms with van der Waals surface area (Å²) in [5, 5.41) is 15.0. The van der Waals surface area contributed by atoms with Gasteiger partial charge in [0, 0.05) is 32.6 Å². The van der Waals surface area contributed by atoms with Crippen LogP contribution in [0.1, 0.15) is 34.8 Å². The third-order valence-corrected chi connectivity index (χ3v) is 6.99. The number of nitrogens with zero attached hydrogens (tertiary/aromatic N) is 5. The summed E-state index contributed by atoms with van der Waals surface area (Å²) in [6, 6.07) is 13.2. The van der Waals surface area contributed by atoms with E-state index in [1.807, 2.05) is 35.2 Å². The molecule has 0 bridgehead atoms. The second kappa shape index (κ2) is 10.00. The van der Waals surface area contributed by atoms with E-state index in [4.69, 9.17) is 4.74 Å². The number of carbonyl (C=O) groups is 1. The van der Waals surface area contributed by atoms with E-state index in [9.17, 15) is 14.4 Å². The number of benzene rings is 2. The number of hydrogen-bond acceptors (Lipinski definition) is 8. The molecule has 2 aromatic carbocycles. The number of aryl methyl sites for hydroxylation is 1. The minimum Gasteiger partial charge on any atom is -0.370 e. The quantitative estimate of drug-likeness (QED) is 0.680. The molecule has 0 aliphatic carbocycles. The third-order valence-electron chi connectivity index (χ3n) is 6.99. The van der Waals surface area contributed by atoms with Crippen LogP contribution < -0.4 is 16.1 Å². The van der Waals surface area contributed by atoms with Crippen molar-refractivity contribution in [3.63, 3.8) is 0 Å². The van der Waals surface area contributed by atoms with Crippen LogP contribution in [0.5, 0.6) is 0 Å². The molecule has 0 aromatic heterocycles. The number of hydrazine groups is 2. The van der Waals surface area contributed by atoms with Crippen LogP contribution in [0.4, 0.5) is 10.1 Å². The van der Waals surface area contributed by atoms with Gasteiger partial charge in [-0.25, -0.2) is 14.9 Å². The van der Waals surface area contributed by atoms with Crippen molar-refractivity contribution in [1.82, 2.24) is 20.9 Å². The van der Waals surface area contributed by atoms with E-state index in [2.05, 4.69) is 21.1 Å². The number of carbonyl (C=O) groups excluding carboxylic acids is 1. The van der Waals surface area contributed by atoms with Gasteiger partial charge in [0.2, 0.25) is 5.91 Å². The van der Waals surface area contributed by atoms with Crippen molar-refractivity contribution in [1.29, 1.82) is 5.26 Å². The summed E-state index contributed by atoms with van der Waals surface area (Å²) >= 11 is 0. The average molecular weight is 478 g/mol. The molecule has 2 fully saturated rings. The van der Waals surface area contributed by atoms with Crippen molar-refractivity contribution in [2.24, 2.45) is 5.10 Å². The molecule has 0 spiro atoms. The van der Waals surface area contributed by atoms with Gasteiger partial charge in [0.05, 0.1) is 30.0 Å². The first-order chi connectivity index (χ1) is 17.0. The van der Waals surface area contributed by atoms with Crippen LogP contribution in [-0.4, -0.2) is 60.9 Å². The zero-order valence-electron chi connectivity index (χ0n) is 19.6. The summed E-state index contributed by atoms with van der Waals surface area (Å²) in [6.07, 6.45) is 2.56. The zero-order chi connectivity index (χ0) is 24.4. The minimum atomic E-state index is -0.500. The molecule has 5 rings (SSSR count). The highest BCUT2D eigenvalue weighted by molar-refractivity contribution is 5.79. The van der Waals surface area contributed by atoms with Crippen LogP contribution in [0.15, 0.2) is 41.5 Å². The monoisotopic (exact) mass is 477 g/mol. The summed E-state index contributed by atoms with van der Waals surface area (Å²) in [7, 11) is 0. The van der Waals surface area contributed by atoms with Gasteiger partial charge >= 0.3 is 0 Å². The molecular formula is C25H28FN7O2. The zero-order valence-corrected chi connectivity index (χ0v) is 19.6. The van der Waals surface area contributed by atoms with Crippen molar-refractivity contribution in [2.45, 2.75) is 31.9 Å².